The smallest absolute Gasteiger partial charge is 0.124 e. The molecule has 1 N–H and O–H groups in total. The molecule has 108 valence electrons. The normalized spacial score (nSPS) is 21.1. The van der Waals surface area contributed by atoms with Gasteiger partial charge in [0, 0.05) is 12.1 Å². The molecule has 0 saturated carbocycles. The van der Waals surface area contributed by atoms with Crippen molar-refractivity contribution in [3.05, 3.63) is 29.8 Å². The minimum atomic E-state index is 0.217. The first-order valence-electron chi connectivity index (χ1n) is 7.55. The third-order valence-electron chi connectivity index (χ3n) is 4.15. The van der Waals surface area contributed by atoms with Gasteiger partial charge in [0.2, 0.25) is 0 Å². The monoisotopic (exact) mass is 273 g/mol. The molecule has 1 aromatic carbocycles. The highest BCUT2D eigenvalue weighted by Gasteiger charge is 2.30. The number of piperidine rings is 1. The summed E-state index contributed by atoms with van der Waals surface area (Å²) in [6.07, 6.45) is 3.90. The summed E-state index contributed by atoms with van der Waals surface area (Å²) in [5.74, 6) is 2.07. The van der Waals surface area contributed by atoms with Crippen LogP contribution in [0.15, 0.2) is 29.3 Å². The van der Waals surface area contributed by atoms with Crippen LogP contribution in [0.5, 0.6) is 5.75 Å². The third-order valence-corrected chi connectivity index (χ3v) is 4.15. The number of benzene rings is 1. The summed E-state index contributed by atoms with van der Waals surface area (Å²) >= 11 is 0. The van der Waals surface area contributed by atoms with Gasteiger partial charge in [-0.2, -0.15) is 0 Å². The molecule has 2 aliphatic rings. The summed E-state index contributed by atoms with van der Waals surface area (Å²) < 4.78 is 5.57. The number of nitrogens with zero attached hydrogens (tertiary/aromatic N) is 2. The third kappa shape index (κ3) is 2.66. The van der Waals surface area contributed by atoms with Crippen molar-refractivity contribution < 1.29 is 4.74 Å². The van der Waals surface area contributed by atoms with Crippen LogP contribution in [0.3, 0.4) is 0 Å². The van der Waals surface area contributed by atoms with Crippen LogP contribution in [0.2, 0.25) is 0 Å². The molecule has 20 heavy (non-hydrogen) atoms. The second-order valence-corrected chi connectivity index (χ2v) is 5.43. The van der Waals surface area contributed by atoms with Gasteiger partial charge in [-0.25, -0.2) is 0 Å². The SMILES string of the molecule is COc1ccccc1C(C1=NCCN1)N1CCCCC1. The Hall–Kier alpha value is -1.55. The molecule has 0 amide bonds. The molecule has 1 saturated heterocycles. The van der Waals surface area contributed by atoms with E-state index in [1.54, 1.807) is 7.11 Å². The van der Waals surface area contributed by atoms with E-state index >= 15 is 0 Å². The van der Waals surface area contributed by atoms with Gasteiger partial charge in [0.05, 0.1) is 19.7 Å². The van der Waals surface area contributed by atoms with Crippen LogP contribution in [0.25, 0.3) is 0 Å². The largest absolute Gasteiger partial charge is 0.496 e. The topological polar surface area (TPSA) is 36.9 Å². The molecule has 2 heterocycles. The quantitative estimate of drug-likeness (QED) is 0.914. The van der Waals surface area contributed by atoms with Crippen molar-refractivity contribution in [2.45, 2.75) is 25.3 Å². The molecule has 1 atom stereocenters. The molecule has 0 aromatic heterocycles. The fraction of sp³-hybridized carbons (Fsp3) is 0.562. The summed E-state index contributed by atoms with van der Waals surface area (Å²) in [5.41, 5.74) is 1.23. The first-order valence-corrected chi connectivity index (χ1v) is 7.55. The predicted octanol–water partition coefficient (Wildman–Crippen LogP) is 2.22. The minimum absolute atomic E-state index is 0.217. The van der Waals surface area contributed by atoms with Gasteiger partial charge in [-0.05, 0) is 32.0 Å². The average Bonchev–Trinajstić information content (AvgIpc) is 3.03. The van der Waals surface area contributed by atoms with E-state index in [-0.39, 0.29) is 6.04 Å². The Kier molecular flexibility index (Phi) is 4.21. The Balaban J connectivity index is 1.95. The molecular weight excluding hydrogens is 250 g/mol. The van der Waals surface area contributed by atoms with Crippen LogP contribution in [0.1, 0.15) is 30.9 Å². The fourth-order valence-electron chi connectivity index (χ4n) is 3.19. The van der Waals surface area contributed by atoms with Gasteiger partial charge in [-0.3, -0.25) is 9.89 Å². The molecule has 3 rings (SSSR count). The number of methoxy groups -OCH3 is 1. The number of aliphatic imine (C=N–C) groups is 1. The van der Waals surface area contributed by atoms with E-state index in [2.05, 4.69) is 27.3 Å². The molecule has 4 heteroatoms. The lowest BCUT2D eigenvalue weighted by Gasteiger charge is -2.35. The van der Waals surface area contributed by atoms with E-state index in [4.69, 9.17) is 4.74 Å². The minimum Gasteiger partial charge on any atom is -0.496 e. The summed E-state index contributed by atoms with van der Waals surface area (Å²) in [4.78, 5) is 7.21. The van der Waals surface area contributed by atoms with E-state index in [0.29, 0.717) is 0 Å². The van der Waals surface area contributed by atoms with Crippen molar-refractivity contribution in [3.63, 3.8) is 0 Å². The van der Waals surface area contributed by atoms with Crippen molar-refractivity contribution >= 4 is 5.84 Å². The highest BCUT2D eigenvalue weighted by Crippen LogP contribution is 2.32. The van der Waals surface area contributed by atoms with Crippen LogP contribution in [-0.4, -0.2) is 44.0 Å². The fourth-order valence-corrected chi connectivity index (χ4v) is 3.19. The average molecular weight is 273 g/mol. The Labute approximate surface area is 120 Å². The van der Waals surface area contributed by atoms with Crippen molar-refractivity contribution in [1.29, 1.82) is 0 Å². The molecule has 0 aliphatic carbocycles. The Morgan fingerprint density at radius 3 is 2.70 bits per heavy atom. The van der Waals surface area contributed by atoms with Gasteiger partial charge < -0.3 is 10.1 Å². The molecule has 0 bridgehead atoms. The molecule has 1 unspecified atom stereocenters. The number of amidine groups is 1. The number of hydrogen-bond donors (Lipinski definition) is 1. The zero-order valence-corrected chi connectivity index (χ0v) is 12.1. The van der Waals surface area contributed by atoms with Crippen molar-refractivity contribution in [2.75, 3.05) is 33.3 Å². The van der Waals surface area contributed by atoms with Gasteiger partial charge in [0.1, 0.15) is 11.6 Å². The van der Waals surface area contributed by atoms with E-state index in [1.807, 2.05) is 12.1 Å². The summed E-state index contributed by atoms with van der Waals surface area (Å²) in [6.45, 7) is 4.12. The van der Waals surface area contributed by atoms with Crippen LogP contribution in [-0.2, 0) is 0 Å². The Morgan fingerprint density at radius 2 is 2.00 bits per heavy atom. The maximum atomic E-state index is 5.57. The summed E-state index contributed by atoms with van der Waals surface area (Å²) in [7, 11) is 1.75. The van der Waals surface area contributed by atoms with Crippen LogP contribution >= 0.6 is 0 Å². The predicted molar refractivity (Wildman–Crippen MR) is 81.5 cm³/mol. The number of para-hydroxylation sites is 1. The number of hydrogen-bond acceptors (Lipinski definition) is 4. The van der Waals surface area contributed by atoms with E-state index in [9.17, 15) is 0 Å². The second-order valence-electron chi connectivity index (χ2n) is 5.43. The summed E-state index contributed by atoms with van der Waals surface area (Å²) in [5, 5.41) is 3.46. The zero-order valence-electron chi connectivity index (χ0n) is 12.1. The highest BCUT2D eigenvalue weighted by atomic mass is 16.5. The van der Waals surface area contributed by atoms with Gasteiger partial charge in [-0.15, -0.1) is 0 Å². The number of ether oxygens (including phenoxy) is 1. The van der Waals surface area contributed by atoms with E-state index in [0.717, 1.165) is 37.8 Å². The van der Waals surface area contributed by atoms with Crippen molar-refractivity contribution in [1.82, 2.24) is 10.2 Å². The van der Waals surface area contributed by atoms with Crippen LogP contribution in [0.4, 0.5) is 0 Å². The molecule has 1 fully saturated rings. The van der Waals surface area contributed by atoms with Gasteiger partial charge in [-0.1, -0.05) is 24.6 Å². The second kappa shape index (κ2) is 6.27. The summed E-state index contributed by atoms with van der Waals surface area (Å²) in [6, 6.07) is 8.54. The number of rotatable bonds is 4. The molecule has 1 aromatic rings. The lowest BCUT2D eigenvalue weighted by atomic mass is 9.99. The molecule has 0 spiro atoms. The lowest BCUT2D eigenvalue weighted by Crippen LogP contribution is -2.41. The first-order chi connectivity index (χ1) is 9.90. The Bertz CT molecular complexity index is 480. The number of likely N-dealkylation sites (tertiary alicyclic amines) is 1. The molecule has 0 radical (unpaired) electrons. The van der Waals surface area contributed by atoms with Crippen molar-refractivity contribution in [3.8, 4) is 5.75 Å². The van der Waals surface area contributed by atoms with Gasteiger partial charge in [0.25, 0.3) is 0 Å². The first kappa shape index (κ1) is 13.4. The van der Waals surface area contributed by atoms with Crippen LogP contribution in [0, 0.1) is 0 Å². The molecular formula is C16H23N3O. The van der Waals surface area contributed by atoms with E-state index < -0.39 is 0 Å². The maximum Gasteiger partial charge on any atom is 0.124 e. The van der Waals surface area contributed by atoms with Crippen molar-refractivity contribution in [2.24, 2.45) is 4.99 Å². The zero-order chi connectivity index (χ0) is 13.8. The standard InChI is InChI=1S/C16H23N3O/c1-20-14-8-4-3-7-13(14)15(16-17-9-10-18-16)19-11-5-2-6-12-19/h3-4,7-8,15H,2,5-6,9-12H2,1H3,(H,17,18). The van der Waals surface area contributed by atoms with E-state index in [1.165, 1.54) is 24.8 Å². The van der Waals surface area contributed by atoms with Crippen LogP contribution < -0.4 is 10.1 Å². The highest BCUT2D eigenvalue weighted by molar-refractivity contribution is 5.90. The Morgan fingerprint density at radius 1 is 1.20 bits per heavy atom. The molecule has 4 nitrogen and oxygen atoms in total. The maximum absolute atomic E-state index is 5.57. The lowest BCUT2D eigenvalue weighted by molar-refractivity contribution is 0.198. The molecule has 2 aliphatic heterocycles. The van der Waals surface area contributed by atoms with Gasteiger partial charge in [0.15, 0.2) is 0 Å². The number of nitrogens with one attached hydrogen (secondary N) is 1. The van der Waals surface area contributed by atoms with Gasteiger partial charge >= 0.3 is 0 Å².